The Kier molecular flexibility index (Phi) is 8.77. The quantitative estimate of drug-likeness (QED) is 0.427. The summed E-state index contributed by atoms with van der Waals surface area (Å²) in [6.45, 7) is 7.28. The van der Waals surface area contributed by atoms with Crippen molar-refractivity contribution in [1.82, 2.24) is 10.6 Å². The molecule has 0 saturated heterocycles. The van der Waals surface area contributed by atoms with Gasteiger partial charge in [0.25, 0.3) is 5.91 Å². The van der Waals surface area contributed by atoms with Crippen LogP contribution in [-0.2, 0) is 17.1 Å². The van der Waals surface area contributed by atoms with Crippen LogP contribution in [0, 0.1) is 5.92 Å². The second kappa shape index (κ2) is 10.2. The van der Waals surface area contributed by atoms with E-state index in [-0.39, 0.29) is 18.5 Å². The fraction of sp³-hybridized carbons (Fsp3) is 0.600. The molecule has 2 amide bonds. The van der Waals surface area contributed by atoms with Crippen molar-refractivity contribution in [3.05, 3.63) is 34.9 Å². The highest BCUT2D eigenvalue weighted by Crippen LogP contribution is 2.36. The van der Waals surface area contributed by atoms with Crippen molar-refractivity contribution in [3.8, 4) is 0 Å². The van der Waals surface area contributed by atoms with Crippen LogP contribution in [-0.4, -0.2) is 30.7 Å². The maximum Gasteiger partial charge on any atom is 0.416 e. The minimum atomic E-state index is -5.02. The Morgan fingerprint density at radius 3 is 1.90 bits per heavy atom. The molecule has 0 aliphatic heterocycles. The lowest BCUT2D eigenvalue weighted by atomic mass is 10.0. The van der Waals surface area contributed by atoms with Gasteiger partial charge in [-0.3, -0.25) is 4.79 Å². The van der Waals surface area contributed by atoms with Crippen molar-refractivity contribution < 1.29 is 40.7 Å². The Bertz CT molecular complexity index is 737. The van der Waals surface area contributed by atoms with E-state index in [1.54, 1.807) is 27.7 Å². The highest BCUT2D eigenvalue weighted by molar-refractivity contribution is 5.94. The number of alkyl carbamates (subject to hydrolysis) is 1. The molecule has 1 rings (SSSR count). The van der Waals surface area contributed by atoms with E-state index in [0.717, 1.165) is 0 Å². The Balaban J connectivity index is 2.61. The van der Waals surface area contributed by atoms with E-state index in [2.05, 4.69) is 10.6 Å². The molecule has 0 fully saturated rings. The first-order chi connectivity index (χ1) is 14.0. The first-order valence-electron chi connectivity index (χ1n) is 9.53. The van der Waals surface area contributed by atoms with Crippen LogP contribution in [0.2, 0.25) is 0 Å². The number of nitrogens with one attached hydrogen (secondary N) is 2. The van der Waals surface area contributed by atoms with Gasteiger partial charge in [0.15, 0.2) is 0 Å². The molecule has 0 aliphatic carbocycles. The normalized spacial score (nSPS) is 13.5. The van der Waals surface area contributed by atoms with E-state index in [1.165, 1.54) is 0 Å². The monoisotopic (exact) mass is 456 g/mol. The number of hydrogen-bond donors (Lipinski definition) is 2. The average Bonchev–Trinajstić information content (AvgIpc) is 2.60. The molecule has 176 valence electrons. The van der Waals surface area contributed by atoms with Gasteiger partial charge in [-0.15, -0.1) is 0 Å². The van der Waals surface area contributed by atoms with Crippen LogP contribution in [0.15, 0.2) is 18.2 Å². The summed E-state index contributed by atoms with van der Waals surface area (Å²) in [5.74, 6) is -1.16. The molecular formula is C20H26F6N2O3. The minimum absolute atomic E-state index is 0.0307. The van der Waals surface area contributed by atoms with Crippen LogP contribution in [0.5, 0.6) is 0 Å². The summed E-state index contributed by atoms with van der Waals surface area (Å²) < 4.78 is 82.5. The van der Waals surface area contributed by atoms with Gasteiger partial charge in [-0.25, -0.2) is 4.79 Å². The van der Waals surface area contributed by atoms with Crippen LogP contribution >= 0.6 is 0 Å². The van der Waals surface area contributed by atoms with E-state index in [4.69, 9.17) is 4.74 Å². The first kappa shape index (κ1) is 26.6. The van der Waals surface area contributed by atoms with Crippen LogP contribution in [0.1, 0.15) is 62.0 Å². The largest absolute Gasteiger partial charge is 0.444 e. The van der Waals surface area contributed by atoms with Crippen molar-refractivity contribution in [2.45, 2.75) is 58.5 Å². The number of ether oxygens (including phenoxy) is 1. The second-order valence-electron chi connectivity index (χ2n) is 8.18. The molecule has 2 N–H and O–H groups in total. The second-order valence-corrected chi connectivity index (χ2v) is 8.18. The molecule has 0 aliphatic rings. The number of halogens is 6. The Labute approximate surface area is 176 Å². The molecule has 0 aromatic heterocycles. The maximum absolute atomic E-state index is 12.9. The maximum atomic E-state index is 12.9. The third-order valence-electron chi connectivity index (χ3n) is 4.00. The van der Waals surface area contributed by atoms with Crippen molar-refractivity contribution in [2.75, 3.05) is 13.1 Å². The highest BCUT2D eigenvalue weighted by Gasteiger charge is 2.37. The average molecular weight is 456 g/mol. The molecule has 0 heterocycles. The zero-order chi connectivity index (χ0) is 24.0. The molecule has 5 nitrogen and oxygen atoms in total. The summed E-state index contributed by atoms with van der Waals surface area (Å²) in [5.41, 5.74) is -4.44. The lowest BCUT2D eigenvalue weighted by Gasteiger charge is -2.20. The standard InChI is InChI=1S/C20H26F6N2O3/c1-12(6-5-7-27-17(30)31-18(2,3)4)11-28-16(29)13-8-14(19(21,22)23)10-15(9-13)20(24,25)26/h8-10,12H,5-7,11H2,1-4H3,(H,27,30)(H,28,29)/t12-/m1/s1. The Morgan fingerprint density at radius 1 is 0.935 bits per heavy atom. The van der Waals surface area contributed by atoms with E-state index in [1.807, 2.05) is 0 Å². The van der Waals surface area contributed by atoms with Gasteiger partial charge < -0.3 is 15.4 Å². The van der Waals surface area contributed by atoms with Crippen molar-refractivity contribution >= 4 is 12.0 Å². The first-order valence-corrected chi connectivity index (χ1v) is 9.53. The zero-order valence-corrected chi connectivity index (χ0v) is 17.6. The van der Waals surface area contributed by atoms with Crippen LogP contribution in [0.4, 0.5) is 31.1 Å². The molecule has 0 spiro atoms. The van der Waals surface area contributed by atoms with Crippen molar-refractivity contribution in [2.24, 2.45) is 5.92 Å². The summed E-state index contributed by atoms with van der Waals surface area (Å²) in [5, 5.41) is 4.92. The van der Waals surface area contributed by atoms with Crippen molar-refractivity contribution in [1.29, 1.82) is 0 Å². The fourth-order valence-electron chi connectivity index (χ4n) is 2.51. The molecule has 1 aromatic carbocycles. The van der Waals surface area contributed by atoms with E-state index in [0.29, 0.717) is 31.5 Å². The molecular weight excluding hydrogens is 430 g/mol. The third-order valence-corrected chi connectivity index (χ3v) is 4.00. The van der Waals surface area contributed by atoms with Gasteiger partial charge in [-0.05, 0) is 57.7 Å². The molecule has 0 radical (unpaired) electrons. The van der Waals surface area contributed by atoms with Gasteiger partial charge in [-0.1, -0.05) is 6.92 Å². The summed E-state index contributed by atoms with van der Waals surface area (Å²) in [4.78, 5) is 23.7. The van der Waals surface area contributed by atoms with Crippen LogP contribution in [0.25, 0.3) is 0 Å². The summed E-state index contributed by atoms with van der Waals surface area (Å²) in [6.07, 6.45) is -9.53. The summed E-state index contributed by atoms with van der Waals surface area (Å²) in [7, 11) is 0. The predicted molar refractivity (Wildman–Crippen MR) is 101 cm³/mol. The molecule has 0 unspecified atom stereocenters. The predicted octanol–water partition coefficient (Wildman–Crippen LogP) is 5.40. The third kappa shape index (κ3) is 9.93. The number of carbonyl (C=O) groups is 2. The molecule has 31 heavy (non-hydrogen) atoms. The van der Waals surface area contributed by atoms with E-state index >= 15 is 0 Å². The Hall–Kier alpha value is -2.46. The smallest absolute Gasteiger partial charge is 0.416 e. The minimum Gasteiger partial charge on any atom is -0.444 e. The Morgan fingerprint density at radius 2 is 1.45 bits per heavy atom. The zero-order valence-electron chi connectivity index (χ0n) is 17.6. The lowest BCUT2D eigenvalue weighted by molar-refractivity contribution is -0.143. The van der Waals surface area contributed by atoms with Gasteiger partial charge in [0, 0.05) is 18.7 Å². The van der Waals surface area contributed by atoms with E-state index in [9.17, 15) is 35.9 Å². The van der Waals surface area contributed by atoms with Crippen LogP contribution < -0.4 is 10.6 Å². The number of carbonyl (C=O) groups excluding carboxylic acids is 2. The van der Waals surface area contributed by atoms with Gasteiger partial charge >= 0.3 is 18.4 Å². The van der Waals surface area contributed by atoms with Gasteiger partial charge in [0.05, 0.1) is 11.1 Å². The van der Waals surface area contributed by atoms with E-state index < -0.39 is 46.6 Å². The molecule has 11 heteroatoms. The summed E-state index contributed by atoms with van der Waals surface area (Å²) >= 11 is 0. The van der Waals surface area contributed by atoms with Crippen LogP contribution in [0.3, 0.4) is 0 Å². The molecule has 1 aromatic rings. The van der Waals surface area contributed by atoms with Crippen molar-refractivity contribution in [3.63, 3.8) is 0 Å². The van der Waals surface area contributed by atoms with Gasteiger partial charge in [0.1, 0.15) is 5.60 Å². The molecule has 0 saturated carbocycles. The number of hydrogen-bond acceptors (Lipinski definition) is 3. The highest BCUT2D eigenvalue weighted by atomic mass is 19.4. The SMILES string of the molecule is C[C@H](CCCNC(=O)OC(C)(C)C)CNC(=O)c1cc(C(F)(F)F)cc(C(F)(F)F)c1. The number of amides is 2. The number of alkyl halides is 6. The number of rotatable bonds is 7. The lowest BCUT2D eigenvalue weighted by Crippen LogP contribution is -2.33. The summed E-state index contributed by atoms with van der Waals surface area (Å²) in [6, 6.07) is 0.747. The molecule has 1 atom stereocenters. The molecule has 0 bridgehead atoms. The number of benzene rings is 1. The van der Waals surface area contributed by atoms with Gasteiger partial charge in [-0.2, -0.15) is 26.3 Å². The van der Waals surface area contributed by atoms with Gasteiger partial charge in [0.2, 0.25) is 0 Å². The fourth-order valence-corrected chi connectivity index (χ4v) is 2.51. The topological polar surface area (TPSA) is 67.4 Å².